The van der Waals surface area contributed by atoms with Gasteiger partial charge in [0.15, 0.2) is 5.58 Å². The zero-order chi connectivity index (χ0) is 11.8. The molecule has 0 atom stereocenters. The van der Waals surface area contributed by atoms with Crippen LogP contribution in [0.2, 0.25) is 0 Å². The molecule has 0 aliphatic rings. The van der Waals surface area contributed by atoms with Gasteiger partial charge in [-0.05, 0) is 36.8 Å². The normalized spacial score (nSPS) is 10.9. The Balaban J connectivity index is 2.22. The van der Waals surface area contributed by atoms with Gasteiger partial charge in [-0.2, -0.15) is 0 Å². The van der Waals surface area contributed by atoms with E-state index in [1.807, 2.05) is 25.1 Å². The molecule has 3 aromatic rings. The standard InChI is InChI=1S/C14H10FNO/c1-9-4-2-7-12-13(9)17-14(16-12)10-5-3-6-11(15)8-10/h2-8H,1H3. The SMILES string of the molecule is Cc1cccc2nc(-c3cccc(F)c3)oc12. The Hall–Kier alpha value is -2.16. The number of para-hydroxylation sites is 1. The van der Waals surface area contributed by atoms with Crippen LogP contribution in [0.5, 0.6) is 0 Å². The number of aromatic nitrogens is 1. The monoisotopic (exact) mass is 227 g/mol. The van der Waals surface area contributed by atoms with Crippen LogP contribution in [0, 0.1) is 12.7 Å². The van der Waals surface area contributed by atoms with Crippen molar-refractivity contribution in [2.24, 2.45) is 0 Å². The van der Waals surface area contributed by atoms with Crippen LogP contribution in [0.15, 0.2) is 46.9 Å². The van der Waals surface area contributed by atoms with Crippen molar-refractivity contribution in [2.45, 2.75) is 6.92 Å². The average molecular weight is 227 g/mol. The molecule has 0 unspecified atom stereocenters. The summed E-state index contributed by atoms with van der Waals surface area (Å²) in [5.74, 6) is 0.162. The van der Waals surface area contributed by atoms with Crippen molar-refractivity contribution in [3.63, 3.8) is 0 Å². The number of rotatable bonds is 1. The van der Waals surface area contributed by atoms with E-state index >= 15 is 0 Å². The minimum absolute atomic E-state index is 0.290. The number of hydrogen-bond donors (Lipinski definition) is 0. The summed E-state index contributed by atoms with van der Waals surface area (Å²) in [6.45, 7) is 1.96. The van der Waals surface area contributed by atoms with Crippen LogP contribution < -0.4 is 0 Å². The molecule has 0 radical (unpaired) electrons. The predicted molar refractivity (Wildman–Crippen MR) is 64.1 cm³/mol. The molecular formula is C14H10FNO. The van der Waals surface area contributed by atoms with E-state index in [4.69, 9.17) is 4.42 Å². The van der Waals surface area contributed by atoms with Crippen LogP contribution in [-0.4, -0.2) is 4.98 Å². The van der Waals surface area contributed by atoms with Crippen LogP contribution in [0.25, 0.3) is 22.6 Å². The molecule has 2 nitrogen and oxygen atoms in total. The maximum atomic E-state index is 13.1. The van der Waals surface area contributed by atoms with Crippen molar-refractivity contribution in [2.75, 3.05) is 0 Å². The van der Waals surface area contributed by atoms with Crippen molar-refractivity contribution in [1.29, 1.82) is 0 Å². The Labute approximate surface area is 97.7 Å². The predicted octanol–water partition coefficient (Wildman–Crippen LogP) is 3.94. The highest BCUT2D eigenvalue weighted by Crippen LogP contribution is 2.26. The molecule has 0 saturated carbocycles. The zero-order valence-electron chi connectivity index (χ0n) is 9.27. The van der Waals surface area contributed by atoms with Crippen LogP contribution in [0.3, 0.4) is 0 Å². The molecule has 0 spiro atoms. The van der Waals surface area contributed by atoms with Crippen molar-refractivity contribution in [3.05, 3.63) is 53.8 Å². The first-order chi connectivity index (χ1) is 8.24. The smallest absolute Gasteiger partial charge is 0.227 e. The summed E-state index contributed by atoms with van der Waals surface area (Å²) in [6.07, 6.45) is 0. The Morgan fingerprint density at radius 2 is 1.94 bits per heavy atom. The quantitative estimate of drug-likeness (QED) is 0.629. The van der Waals surface area contributed by atoms with Gasteiger partial charge < -0.3 is 4.42 Å². The van der Waals surface area contributed by atoms with Gasteiger partial charge in [-0.1, -0.05) is 18.2 Å². The van der Waals surface area contributed by atoms with Crippen molar-refractivity contribution in [3.8, 4) is 11.5 Å². The molecule has 0 amide bonds. The van der Waals surface area contributed by atoms with Gasteiger partial charge in [0.1, 0.15) is 11.3 Å². The number of fused-ring (bicyclic) bond motifs is 1. The Morgan fingerprint density at radius 3 is 2.71 bits per heavy atom. The van der Waals surface area contributed by atoms with Crippen LogP contribution in [-0.2, 0) is 0 Å². The number of benzene rings is 2. The molecule has 3 heteroatoms. The summed E-state index contributed by atoms with van der Waals surface area (Å²) >= 11 is 0. The number of halogens is 1. The lowest BCUT2D eigenvalue weighted by atomic mass is 10.2. The van der Waals surface area contributed by atoms with Gasteiger partial charge in [-0.25, -0.2) is 9.37 Å². The first-order valence-electron chi connectivity index (χ1n) is 5.36. The third-order valence-corrected chi connectivity index (χ3v) is 2.68. The maximum Gasteiger partial charge on any atom is 0.227 e. The Bertz CT molecular complexity index is 688. The van der Waals surface area contributed by atoms with Gasteiger partial charge in [0.05, 0.1) is 0 Å². The average Bonchev–Trinajstić information content (AvgIpc) is 2.74. The van der Waals surface area contributed by atoms with Gasteiger partial charge in [0.2, 0.25) is 5.89 Å². The van der Waals surface area contributed by atoms with E-state index in [-0.39, 0.29) is 5.82 Å². The third-order valence-electron chi connectivity index (χ3n) is 2.68. The first kappa shape index (κ1) is 10.0. The van der Waals surface area contributed by atoms with Gasteiger partial charge in [-0.3, -0.25) is 0 Å². The highest BCUT2D eigenvalue weighted by Gasteiger charge is 2.09. The van der Waals surface area contributed by atoms with Crippen LogP contribution >= 0.6 is 0 Å². The lowest BCUT2D eigenvalue weighted by Gasteiger charge is -1.94. The van der Waals surface area contributed by atoms with E-state index < -0.39 is 0 Å². The minimum atomic E-state index is -0.290. The molecule has 1 aromatic heterocycles. The van der Waals surface area contributed by atoms with E-state index in [0.29, 0.717) is 11.5 Å². The lowest BCUT2D eigenvalue weighted by Crippen LogP contribution is -1.78. The van der Waals surface area contributed by atoms with Gasteiger partial charge >= 0.3 is 0 Å². The lowest BCUT2D eigenvalue weighted by molar-refractivity contribution is 0.609. The fourth-order valence-electron chi connectivity index (χ4n) is 1.83. The maximum absolute atomic E-state index is 13.1. The second-order valence-corrected chi connectivity index (χ2v) is 3.95. The van der Waals surface area contributed by atoms with E-state index in [0.717, 1.165) is 16.7 Å². The summed E-state index contributed by atoms with van der Waals surface area (Å²) in [5.41, 5.74) is 3.23. The second-order valence-electron chi connectivity index (χ2n) is 3.95. The summed E-state index contributed by atoms with van der Waals surface area (Å²) in [7, 11) is 0. The van der Waals surface area contributed by atoms with E-state index in [1.54, 1.807) is 12.1 Å². The molecule has 1 heterocycles. The second kappa shape index (κ2) is 3.70. The molecule has 17 heavy (non-hydrogen) atoms. The summed E-state index contributed by atoms with van der Waals surface area (Å²) in [5, 5.41) is 0. The van der Waals surface area contributed by atoms with Crippen molar-refractivity contribution < 1.29 is 8.81 Å². The Kier molecular flexibility index (Phi) is 2.18. The number of hydrogen-bond acceptors (Lipinski definition) is 2. The highest BCUT2D eigenvalue weighted by molar-refractivity contribution is 5.79. The van der Waals surface area contributed by atoms with Crippen molar-refractivity contribution in [1.82, 2.24) is 4.98 Å². The molecule has 0 aliphatic heterocycles. The van der Waals surface area contributed by atoms with Crippen LogP contribution in [0.1, 0.15) is 5.56 Å². The molecular weight excluding hydrogens is 217 g/mol. The number of oxazole rings is 1. The topological polar surface area (TPSA) is 26.0 Å². The van der Waals surface area contributed by atoms with Crippen LogP contribution in [0.4, 0.5) is 4.39 Å². The fraction of sp³-hybridized carbons (Fsp3) is 0.0714. The first-order valence-corrected chi connectivity index (χ1v) is 5.36. The Morgan fingerprint density at radius 1 is 1.12 bits per heavy atom. The highest BCUT2D eigenvalue weighted by atomic mass is 19.1. The largest absolute Gasteiger partial charge is 0.436 e. The molecule has 0 aliphatic carbocycles. The number of aryl methyl sites for hydroxylation is 1. The molecule has 84 valence electrons. The fourth-order valence-corrected chi connectivity index (χ4v) is 1.83. The third kappa shape index (κ3) is 1.69. The number of nitrogens with zero attached hydrogens (tertiary/aromatic N) is 1. The van der Waals surface area contributed by atoms with E-state index in [2.05, 4.69) is 4.98 Å². The van der Waals surface area contributed by atoms with Gasteiger partial charge in [0, 0.05) is 5.56 Å². The molecule has 0 bridgehead atoms. The molecule has 0 fully saturated rings. The summed E-state index contributed by atoms with van der Waals surface area (Å²) in [4.78, 5) is 4.35. The van der Waals surface area contributed by atoms with E-state index in [1.165, 1.54) is 12.1 Å². The minimum Gasteiger partial charge on any atom is -0.436 e. The van der Waals surface area contributed by atoms with E-state index in [9.17, 15) is 4.39 Å². The molecule has 0 saturated heterocycles. The summed E-state index contributed by atoms with van der Waals surface area (Å²) < 4.78 is 18.8. The molecule has 2 aromatic carbocycles. The zero-order valence-corrected chi connectivity index (χ0v) is 9.27. The summed E-state index contributed by atoms with van der Waals surface area (Å²) in [6, 6.07) is 12.0. The molecule has 3 rings (SSSR count). The van der Waals surface area contributed by atoms with Crippen molar-refractivity contribution >= 4 is 11.1 Å². The van der Waals surface area contributed by atoms with Gasteiger partial charge in [0.25, 0.3) is 0 Å². The molecule has 0 N–H and O–H groups in total. The van der Waals surface area contributed by atoms with Gasteiger partial charge in [-0.15, -0.1) is 0 Å².